The van der Waals surface area contributed by atoms with E-state index in [2.05, 4.69) is 22.0 Å². The molecule has 0 atom stereocenters. The summed E-state index contributed by atoms with van der Waals surface area (Å²) in [6.45, 7) is 0. The van der Waals surface area contributed by atoms with Gasteiger partial charge in [0.05, 0.1) is 11.5 Å². The second kappa shape index (κ2) is 3.49. The third-order valence-corrected chi connectivity index (χ3v) is 3.63. The highest BCUT2D eigenvalue weighted by molar-refractivity contribution is 9.10. The lowest BCUT2D eigenvalue weighted by Gasteiger charge is -2.36. The molecule has 0 saturated heterocycles. The van der Waals surface area contributed by atoms with Crippen LogP contribution in [0.5, 0.6) is 5.75 Å². The van der Waals surface area contributed by atoms with Gasteiger partial charge in [0.25, 0.3) is 0 Å². The Kier molecular flexibility index (Phi) is 2.43. The first-order valence-electron chi connectivity index (χ1n) is 4.69. The minimum Gasteiger partial charge on any atom is -0.505 e. The molecule has 0 aromatic heterocycles. The van der Waals surface area contributed by atoms with Gasteiger partial charge < -0.3 is 5.11 Å². The van der Waals surface area contributed by atoms with Crippen molar-refractivity contribution in [1.29, 1.82) is 5.26 Å². The van der Waals surface area contributed by atoms with E-state index in [4.69, 9.17) is 5.26 Å². The van der Waals surface area contributed by atoms with Crippen molar-refractivity contribution in [3.63, 3.8) is 0 Å². The fourth-order valence-corrected chi connectivity index (χ4v) is 2.61. The standard InChI is InChI=1S/C11H9BrFNO/c12-7-2-3-8(15)10(13)9(7)11(6-14)4-1-5-11/h2-3,15H,1,4-5H2. The lowest BCUT2D eigenvalue weighted by molar-refractivity contribution is 0.306. The Labute approximate surface area is 95.5 Å². The zero-order chi connectivity index (χ0) is 11.1. The first-order chi connectivity index (χ1) is 7.10. The highest BCUT2D eigenvalue weighted by atomic mass is 79.9. The van der Waals surface area contributed by atoms with Crippen molar-refractivity contribution in [2.45, 2.75) is 24.7 Å². The van der Waals surface area contributed by atoms with E-state index in [9.17, 15) is 9.50 Å². The average molecular weight is 270 g/mol. The molecule has 2 nitrogen and oxygen atoms in total. The largest absolute Gasteiger partial charge is 0.505 e. The Bertz CT molecular complexity index is 449. The number of phenols is 1. The Morgan fingerprint density at radius 1 is 1.47 bits per heavy atom. The summed E-state index contributed by atoms with van der Waals surface area (Å²) in [5.74, 6) is -1.07. The normalized spacial score (nSPS) is 17.9. The molecule has 1 saturated carbocycles. The zero-order valence-electron chi connectivity index (χ0n) is 7.93. The average Bonchev–Trinajstić information content (AvgIpc) is 2.16. The number of nitriles is 1. The number of rotatable bonds is 1. The van der Waals surface area contributed by atoms with Gasteiger partial charge in [0.2, 0.25) is 0 Å². The number of hydrogen-bond acceptors (Lipinski definition) is 2. The summed E-state index contributed by atoms with van der Waals surface area (Å²) in [7, 11) is 0. The Hall–Kier alpha value is -1.08. The summed E-state index contributed by atoms with van der Waals surface area (Å²) >= 11 is 3.23. The maximum Gasteiger partial charge on any atom is 0.170 e. The number of halogens is 2. The van der Waals surface area contributed by atoms with Gasteiger partial charge in [-0.25, -0.2) is 4.39 Å². The predicted molar refractivity (Wildman–Crippen MR) is 56.9 cm³/mol. The third-order valence-electron chi connectivity index (χ3n) is 2.97. The highest BCUT2D eigenvalue weighted by Gasteiger charge is 2.43. The molecule has 2 rings (SSSR count). The first-order valence-corrected chi connectivity index (χ1v) is 5.49. The molecular formula is C11H9BrFNO. The van der Waals surface area contributed by atoms with Crippen molar-refractivity contribution in [2.24, 2.45) is 0 Å². The Morgan fingerprint density at radius 3 is 2.60 bits per heavy atom. The molecule has 0 unspecified atom stereocenters. The van der Waals surface area contributed by atoms with Gasteiger partial charge in [-0.3, -0.25) is 0 Å². The van der Waals surface area contributed by atoms with Crippen molar-refractivity contribution < 1.29 is 9.50 Å². The van der Waals surface area contributed by atoms with E-state index in [0.717, 1.165) is 6.42 Å². The molecule has 1 aliphatic carbocycles. The van der Waals surface area contributed by atoms with Gasteiger partial charge in [0, 0.05) is 10.0 Å². The molecule has 0 bridgehead atoms. The molecule has 15 heavy (non-hydrogen) atoms. The van der Waals surface area contributed by atoms with Crippen molar-refractivity contribution in [3.8, 4) is 11.8 Å². The van der Waals surface area contributed by atoms with Crippen LogP contribution in [0.2, 0.25) is 0 Å². The van der Waals surface area contributed by atoms with Gasteiger partial charge in [-0.05, 0) is 31.4 Å². The number of benzene rings is 1. The van der Waals surface area contributed by atoms with Crippen LogP contribution in [0.4, 0.5) is 4.39 Å². The van der Waals surface area contributed by atoms with Crippen LogP contribution in [-0.2, 0) is 5.41 Å². The second-order valence-corrected chi connectivity index (χ2v) is 4.66. The molecule has 0 heterocycles. The first kappa shape index (κ1) is 10.4. The topological polar surface area (TPSA) is 44.0 Å². The van der Waals surface area contributed by atoms with Crippen LogP contribution in [0.1, 0.15) is 24.8 Å². The number of aromatic hydroxyl groups is 1. The van der Waals surface area contributed by atoms with Crippen LogP contribution in [0.15, 0.2) is 16.6 Å². The third kappa shape index (κ3) is 1.42. The molecule has 0 radical (unpaired) electrons. The summed E-state index contributed by atoms with van der Waals surface area (Å²) in [6, 6.07) is 5.02. The number of nitrogens with zero attached hydrogens (tertiary/aromatic N) is 1. The van der Waals surface area contributed by atoms with Gasteiger partial charge >= 0.3 is 0 Å². The van der Waals surface area contributed by atoms with Gasteiger partial charge in [-0.1, -0.05) is 15.9 Å². The van der Waals surface area contributed by atoms with Crippen LogP contribution < -0.4 is 0 Å². The summed E-state index contributed by atoms with van der Waals surface area (Å²) in [6.07, 6.45) is 2.24. The fourth-order valence-electron chi connectivity index (χ4n) is 1.93. The van der Waals surface area contributed by atoms with Gasteiger partial charge in [-0.15, -0.1) is 0 Å². The van der Waals surface area contributed by atoms with E-state index >= 15 is 0 Å². The SMILES string of the molecule is N#CC1(c2c(Br)ccc(O)c2F)CCC1. The van der Waals surface area contributed by atoms with Crippen LogP contribution in [0.25, 0.3) is 0 Å². The van der Waals surface area contributed by atoms with Gasteiger partial charge in [0.1, 0.15) is 0 Å². The molecule has 4 heteroatoms. The van der Waals surface area contributed by atoms with Crippen LogP contribution in [0, 0.1) is 17.1 Å². The van der Waals surface area contributed by atoms with Crippen LogP contribution in [-0.4, -0.2) is 5.11 Å². The van der Waals surface area contributed by atoms with Crippen LogP contribution in [0.3, 0.4) is 0 Å². The quantitative estimate of drug-likeness (QED) is 0.851. The molecule has 1 fully saturated rings. The summed E-state index contributed by atoms with van der Waals surface area (Å²) in [4.78, 5) is 0. The lowest BCUT2D eigenvalue weighted by atomic mass is 9.65. The molecule has 1 aromatic carbocycles. The number of hydrogen-bond donors (Lipinski definition) is 1. The van der Waals surface area contributed by atoms with E-state index in [0.29, 0.717) is 22.9 Å². The van der Waals surface area contributed by atoms with Gasteiger partial charge in [-0.2, -0.15) is 5.26 Å². The van der Waals surface area contributed by atoms with Crippen molar-refractivity contribution >= 4 is 15.9 Å². The molecule has 1 N–H and O–H groups in total. The maximum absolute atomic E-state index is 13.7. The lowest BCUT2D eigenvalue weighted by Crippen LogP contribution is -2.33. The Morgan fingerprint density at radius 2 is 2.13 bits per heavy atom. The van der Waals surface area contributed by atoms with Crippen molar-refractivity contribution in [1.82, 2.24) is 0 Å². The minimum absolute atomic E-state index is 0.302. The van der Waals surface area contributed by atoms with E-state index in [1.807, 2.05) is 0 Å². The molecular weight excluding hydrogens is 261 g/mol. The Balaban J connectivity index is 2.62. The van der Waals surface area contributed by atoms with E-state index < -0.39 is 17.0 Å². The van der Waals surface area contributed by atoms with Crippen molar-refractivity contribution in [2.75, 3.05) is 0 Å². The van der Waals surface area contributed by atoms with E-state index in [-0.39, 0.29) is 0 Å². The highest BCUT2D eigenvalue weighted by Crippen LogP contribution is 2.48. The molecule has 0 amide bonds. The fraction of sp³-hybridized carbons (Fsp3) is 0.364. The van der Waals surface area contributed by atoms with E-state index in [1.165, 1.54) is 6.07 Å². The predicted octanol–water partition coefficient (Wildman–Crippen LogP) is 3.24. The summed E-state index contributed by atoms with van der Waals surface area (Å²) in [5, 5.41) is 18.4. The second-order valence-electron chi connectivity index (χ2n) is 3.80. The molecule has 0 spiro atoms. The molecule has 78 valence electrons. The van der Waals surface area contributed by atoms with E-state index in [1.54, 1.807) is 6.07 Å². The smallest absolute Gasteiger partial charge is 0.170 e. The maximum atomic E-state index is 13.7. The monoisotopic (exact) mass is 269 g/mol. The minimum atomic E-state index is -0.748. The van der Waals surface area contributed by atoms with Crippen molar-refractivity contribution in [3.05, 3.63) is 28.0 Å². The summed E-state index contributed by atoms with van der Waals surface area (Å²) in [5.41, 5.74) is -0.446. The molecule has 1 aromatic rings. The molecule has 1 aliphatic rings. The van der Waals surface area contributed by atoms with Crippen LogP contribution >= 0.6 is 15.9 Å². The number of phenolic OH excluding ortho intramolecular Hbond substituents is 1. The van der Waals surface area contributed by atoms with Gasteiger partial charge in [0.15, 0.2) is 11.6 Å². The molecule has 0 aliphatic heterocycles. The zero-order valence-corrected chi connectivity index (χ0v) is 9.51. The summed E-state index contributed by atoms with van der Waals surface area (Å²) < 4.78 is 14.3.